The molecule has 3 heterocycles. The lowest BCUT2D eigenvalue weighted by Gasteiger charge is -2.26. The van der Waals surface area contributed by atoms with Gasteiger partial charge in [-0.2, -0.15) is 0 Å². The molecular weight excluding hydrogens is 258 g/mol. The molecule has 19 heavy (non-hydrogen) atoms. The molecule has 0 amide bonds. The predicted molar refractivity (Wildman–Crippen MR) is 77.9 cm³/mol. The third-order valence-electron chi connectivity index (χ3n) is 3.48. The monoisotopic (exact) mass is 275 g/mol. The summed E-state index contributed by atoms with van der Waals surface area (Å²) in [6.07, 6.45) is 4.22. The summed E-state index contributed by atoms with van der Waals surface area (Å²) in [6.45, 7) is 3.89. The molecule has 1 unspecified atom stereocenters. The molecular formula is C13H17N5S. The van der Waals surface area contributed by atoms with Gasteiger partial charge in [-0.1, -0.05) is 6.07 Å². The average molecular weight is 275 g/mol. The van der Waals surface area contributed by atoms with E-state index < -0.39 is 0 Å². The Balaban J connectivity index is 1.94. The molecule has 3 rings (SSSR count). The third-order valence-corrected chi connectivity index (χ3v) is 3.86. The Hall–Kier alpha value is -1.69. The Morgan fingerprint density at radius 3 is 3.21 bits per heavy atom. The van der Waals surface area contributed by atoms with E-state index in [1.165, 1.54) is 0 Å². The Labute approximate surface area is 117 Å². The van der Waals surface area contributed by atoms with Crippen molar-refractivity contribution >= 4 is 23.0 Å². The third kappa shape index (κ3) is 2.16. The van der Waals surface area contributed by atoms with E-state index in [9.17, 15) is 0 Å². The number of nitrogens with zero attached hydrogens (tertiary/aromatic N) is 4. The molecule has 1 N–H and O–H groups in total. The van der Waals surface area contributed by atoms with E-state index in [0.717, 1.165) is 42.5 Å². The van der Waals surface area contributed by atoms with Crippen molar-refractivity contribution in [2.45, 2.75) is 25.8 Å². The van der Waals surface area contributed by atoms with Crippen LogP contribution in [0.2, 0.25) is 0 Å². The minimum absolute atomic E-state index is 0.226. The zero-order chi connectivity index (χ0) is 13.2. The summed E-state index contributed by atoms with van der Waals surface area (Å²) in [7, 11) is 0. The maximum absolute atomic E-state index is 5.44. The summed E-state index contributed by atoms with van der Waals surface area (Å²) < 4.78 is 2.05. The van der Waals surface area contributed by atoms with E-state index in [1.807, 2.05) is 24.4 Å². The molecule has 6 heteroatoms. The van der Waals surface area contributed by atoms with E-state index in [2.05, 4.69) is 31.7 Å². The van der Waals surface area contributed by atoms with Gasteiger partial charge in [-0.15, -0.1) is 10.2 Å². The number of hydrogen-bond donors (Lipinski definition) is 1. The molecule has 100 valence electrons. The summed E-state index contributed by atoms with van der Waals surface area (Å²) >= 11 is 5.44. The smallest absolute Gasteiger partial charge is 0.169 e. The average Bonchev–Trinajstić information content (AvgIpc) is 3.05. The topological polar surface area (TPSA) is 45.5 Å². The molecule has 1 fully saturated rings. The van der Waals surface area contributed by atoms with Gasteiger partial charge in [0.2, 0.25) is 0 Å². The van der Waals surface area contributed by atoms with Gasteiger partial charge in [-0.3, -0.25) is 4.40 Å². The van der Waals surface area contributed by atoms with Crippen LogP contribution in [-0.4, -0.2) is 37.7 Å². The van der Waals surface area contributed by atoms with Crippen LogP contribution in [0, 0.1) is 0 Å². The molecule has 1 aliphatic rings. The van der Waals surface area contributed by atoms with E-state index >= 15 is 0 Å². The first-order valence-electron chi connectivity index (χ1n) is 6.65. The Morgan fingerprint density at radius 1 is 1.47 bits per heavy atom. The highest BCUT2D eigenvalue weighted by molar-refractivity contribution is 7.80. The number of fused-ring (bicyclic) bond motifs is 1. The molecule has 5 nitrogen and oxygen atoms in total. The first-order valence-corrected chi connectivity index (χ1v) is 7.06. The maximum Gasteiger partial charge on any atom is 0.169 e. The van der Waals surface area contributed by atoms with Crippen LogP contribution in [-0.2, 0) is 0 Å². The Morgan fingerprint density at radius 2 is 2.37 bits per heavy atom. The van der Waals surface area contributed by atoms with E-state index in [0.29, 0.717) is 0 Å². The van der Waals surface area contributed by atoms with Gasteiger partial charge in [0.25, 0.3) is 0 Å². The molecule has 2 aromatic rings. The second kappa shape index (κ2) is 5.13. The zero-order valence-corrected chi connectivity index (χ0v) is 11.7. The summed E-state index contributed by atoms with van der Waals surface area (Å²) in [5, 5.41) is 12.6. The van der Waals surface area contributed by atoms with Crippen LogP contribution in [0.25, 0.3) is 5.65 Å². The molecule has 0 saturated carbocycles. The van der Waals surface area contributed by atoms with Crippen molar-refractivity contribution in [1.29, 1.82) is 0 Å². The largest absolute Gasteiger partial charge is 0.363 e. The Kier molecular flexibility index (Phi) is 3.33. The molecule has 1 saturated heterocycles. The lowest BCUT2D eigenvalue weighted by molar-refractivity contribution is 0.376. The van der Waals surface area contributed by atoms with Crippen molar-refractivity contribution in [3.05, 3.63) is 30.2 Å². The fourth-order valence-corrected chi connectivity index (χ4v) is 2.98. The summed E-state index contributed by atoms with van der Waals surface area (Å²) in [4.78, 5) is 2.22. The van der Waals surface area contributed by atoms with Crippen LogP contribution >= 0.6 is 12.2 Å². The van der Waals surface area contributed by atoms with Crippen molar-refractivity contribution in [3.63, 3.8) is 0 Å². The molecule has 0 aliphatic carbocycles. The molecule has 0 aromatic carbocycles. The number of thiocarbonyl (C=S) groups is 1. The first-order chi connectivity index (χ1) is 9.31. The molecule has 0 spiro atoms. The summed E-state index contributed by atoms with van der Waals surface area (Å²) in [5.74, 6) is 0.980. The molecule has 0 bridgehead atoms. The normalized spacial score (nSPS) is 19.0. The van der Waals surface area contributed by atoms with Gasteiger partial charge < -0.3 is 10.2 Å². The van der Waals surface area contributed by atoms with Gasteiger partial charge >= 0.3 is 0 Å². The number of rotatable bonds is 2. The Bertz CT molecular complexity index is 593. The van der Waals surface area contributed by atoms with Crippen molar-refractivity contribution in [1.82, 2.24) is 24.8 Å². The lowest BCUT2D eigenvalue weighted by Crippen LogP contribution is -2.39. The van der Waals surface area contributed by atoms with Crippen LogP contribution in [0.15, 0.2) is 24.4 Å². The van der Waals surface area contributed by atoms with E-state index in [1.54, 1.807) is 0 Å². The highest BCUT2D eigenvalue weighted by Gasteiger charge is 2.31. The minimum Gasteiger partial charge on any atom is -0.363 e. The van der Waals surface area contributed by atoms with Gasteiger partial charge in [0.15, 0.2) is 16.6 Å². The van der Waals surface area contributed by atoms with Crippen molar-refractivity contribution < 1.29 is 0 Å². The second-order valence-electron chi connectivity index (χ2n) is 4.67. The van der Waals surface area contributed by atoms with Crippen LogP contribution in [0.1, 0.15) is 31.6 Å². The van der Waals surface area contributed by atoms with Gasteiger partial charge in [0.1, 0.15) is 0 Å². The lowest BCUT2D eigenvalue weighted by atomic mass is 10.2. The van der Waals surface area contributed by atoms with Gasteiger partial charge in [-0.25, -0.2) is 0 Å². The van der Waals surface area contributed by atoms with Gasteiger partial charge in [-0.05, 0) is 44.1 Å². The SMILES string of the molecule is CCNC(=S)N1CCCC1c1nnc2ccccn12. The number of hydrogen-bond acceptors (Lipinski definition) is 3. The highest BCUT2D eigenvalue weighted by atomic mass is 32.1. The number of aromatic nitrogens is 3. The van der Waals surface area contributed by atoms with Gasteiger partial charge in [0, 0.05) is 19.3 Å². The number of nitrogens with one attached hydrogen (secondary N) is 1. The van der Waals surface area contributed by atoms with Crippen molar-refractivity contribution in [3.8, 4) is 0 Å². The second-order valence-corrected chi connectivity index (χ2v) is 5.06. The molecule has 1 aliphatic heterocycles. The quantitative estimate of drug-likeness (QED) is 0.846. The van der Waals surface area contributed by atoms with Crippen molar-refractivity contribution in [2.24, 2.45) is 0 Å². The zero-order valence-electron chi connectivity index (χ0n) is 10.9. The minimum atomic E-state index is 0.226. The molecule has 2 aromatic heterocycles. The highest BCUT2D eigenvalue weighted by Crippen LogP contribution is 2.30. The van der Waals surface area contributed by atoms with Gasteiger partial charge in [0.05, 0.1) is 6.04 Å². The first kappa shape index (κ1) is 12.3. The number of pyridine rings is 1. The predicted octanol–water partition coefficient (Wildman–Crippen LogP) is 1.76. The van der Waals surface area contributed by atoms with Crippen molar-refractivity contribution in [2.75, 3.05) is 13.1 Å². The summed E-state index contributed by atoms with van der Waals surface area (Å²) in [5.41, 5.74) is 0.888. The fraction of sp³-hybridized carbons (Fsp3) is 0.462. The van der Waals surface area contributed by atoms with Crippen LogP contribution in [0.3, 0.4) is 0 Å². The van der Waals surface area contributed by atoms with Crippen LogP contribution < -0.4 is 5.32 Å². The number of likely N-dealkylation sites (tertiary alicyclic amines) is 1. The van der Waals surface area contributed by atoms with E-state index in [-0.39, 0.29) is 6.04 Å². The molecule has 0 radical (unpaired) electrons. The standard InChI is InChI=1S/C13H17N5S/c1-2-14-13(19)17-9-5-6-10(17)12-16-15-11-7-3-4-8-18(11)12/h3-4,7-8,10H,2,5-6,9H2,1H3,(H,14,19). The van der Waals surface area contributed by atoms with Crippen LogP contribution in [0.4, 0.5) is 0 Å². The fourth-order valence-electron chi connectivity index (χ4n) is 2.62. The van der Waals surface area contributed by atoms with E-state index in [4.69, 9.17) is 12.2 Å². The summed E-state index contributed by atoms with van der Waals surface area (Å²) in [6, 6.07) is 6.17. The maximum atomic E-state index is 5.44. The van der Waals surface area contributed by atoms with Crippen LogP contribution in [0.5, 0.6) is 0 Å². The molecule has 1 atom stereocenters.